The number of carbonyl (C=O) groups is 1. The second-order valence-electron chi connectivity index (χ2n) is 5.60. The van der Waals surface area contributed by atoms with Crippen molar-refractivity contribution < 1.29 is 18.0 Å². The number of carbonyl (C=O) groups excluding carboxylic acids is 1. The maximum Gasteiger partial charge on any atom is 0.248 e. The Morgan fingerprint density at radius 3 is 2.65 bits per heavy atom. The molecular formula is C16H16F2O2. The molecule has 3 rings (SSSR count). The lowest BCUT2D eigenvalue weighted by Crippen LogP contribution is -2.28. The van der Waals surface area contributed by atoms with Crippen LogP contribution in [0.5, 0.6) is 0 Å². The van der Waals surface area contributed by atoms with Crippen LogP contribution in [0.2, 0.25) is 0 Å². The number of benzene rings is 1. The van der Waals surface area contributed by atoms with Crippen molar-refractivity contribution in [3.8, 4) is 0 Å². The predicted molar refractivity (Wildman–Crippen MR) is 72.2 cm³/mol. The van der Waals surface area contributed by atoms with Crippen molar-refractivity contribution in [2.24, 2.45) is 5.92 Å². The standard InChI is InChI=1S/C16H16F2O2/c1-10-3-2-4-12-9-13(20-15(10)12)14(19)11-5-7-16(17,18)8-6-11/h2-4,9,11H,5-8H2,1H3. The fourth-order valence-electron chi connectivity index (χ4n) is 2.83. The van der Waals surface area contributed by atoms with E-state index in [0.29, 0.717) is 11.3 Å². The number of aryl methyl sites for hydroxylation is 1. The van der Waals surface area contributed by atoms with Crippen molar-refractivity contribution in [1.29, 1.82) is 0 Å². The van der Waals surface area contributed by atoms with E-state index < -0.39 is 5.92 Å². The molecule has 1 aliphatic carbocycles. The maximum atomic E-state index is 13.1. The molecule has 0 atom stereocenters. The maximum absolute atomic E-state index is 13.1. The van der Waals surface area contributed by atoms with Gasteiger partial charge in [0.1, 0.15) is 5.58 Å². The Balaban J connectivity index is 1.84. The van der Waals surface area contributed by atoms with Crippen LogP contribution in [-0.2, 0) is 0 Å². The molecule has 1 aromatic carbocycles. The first-order valence-corrected chi connectivity index (χ1v) is 6.87. The molecule has 0 aliphatic heterocycles. The molecule has 1 heterocycles. The van der Waals surface area contributed by atoms with E-state index in [4.69, 9.17) is 4.42 Å². The smallest absolute Gasteiger partial charge is 0.248 e. The number of rotatable bonds is 2. The summed E-state index contributed by atoms with van der Waals surface area (Å²) < 4.78 is 31.9. The minimum absolute atomic E-state index is 0.142. The van der Waals surface area contributed by atoms with Crippen molar-refractivity contribution in [2.45, 2.75) is 38.5 Å². The Morgan fingerprint density at radius 1 is 1.30 bits per heavy atom. The Labute approximate surface area is 115 Å². The van der Waals surface area contributed by atoms with Crippen LogP contribution >= 0.6 is 0 Å². The summed E-state index contributed by atoms with van der Waals surface area (Å²) in [6.45, 7) is 1.92. The van der Waals surface area contributed by atoms with Crippen LogP contribution in [-0.4, -0.2) is 11.7 Å². The lowest BCUT2D eigenvalue weighted by Gasteiger charge is -2.26. The Morgan fingerprint density at radius 2 is 2.00 bits per heavy atom. The molecule has 1 saturated carbocycles. The van der Waals surface area contributed by atoms with Crippen molar-refractivity contribution in [3.63, 3.8) is 0 Å². The van der Waals surface area contributed by atoms with Crippen molar-refractivity contribution >= 4 is 16.8 Å². The van der Waals surface area contributed by atoms with Gasteiger partial charge in [0.05, 0.1) is 0 Å². The van der Waals surface area contributed by atoms with E-state index in [1.807, 2.05) is 25.1 Å². The van der Waals surface area contributed by atoms with E-state index in [-0.39, 0.29) is 37.4 Å². The third-order valence-electron chi connectivity index (χ3n) is 4.07. The van der Waals surface area contributed by atoms with Gasteiger partial charge < -0.3 is 4.42 Å². The van der Waals surface area contributed by atoms with Gasteiger partial charge in [-0.05, 0) is 31.4 Å². The molecule has 1 aromatic heterocycles. The number of hydrogen-bond acceptors (Lipinski definition) is 2. The molecule has 0 amide bonds. The number of fused-ring (bicyclic) bond motifs is 1. The number of alkyl halides is 2. The average Bonchev–Trinajstić information content (AvgIpc) is 2.83. The van der Waals surface area contributed by atoms with E-state index in [0.717, 1.165) is 10.9 Å². The van der Waals surface area contributed by atoms with Crippen LogP contribution in [0.1, 0.15) is 41.8 Å². The van der Waals surface area contributed by atoms with E-state index in [9.17, 15) is 13.6 Å². The Kier molecular flexibility index (Phi) is 3.11. The molecule has 2 nitrogen and oxygen atoms in total. The Bertz CT molecular complexity index is 648. The highest BCUT2D eigenvalue weighted by atomic mass is 19.3. The lowest BCUT2D eigenvalue weighted by molar-refractivity contribution is -0.0426. The summed E-state index contributed by atoms with van der Waals surface area (Å²) in [5.74, 6) is -2.79. The number of halogens is 2. The highest BCUT2D eigenvalue weighted by Gasteiger charge is 2.38. The van der Waals surface area contributed by atoms with E-state index in [1.54, 1.807) is 6.07 Å². The highest BCUT2D eigenvalue weighted by molar-refractivity contribution is 5.99. The van der Waals surface area contributed by atoms with Crippen LogP contribution in [0.15, 0.2) is 28.7 Å². The average molecular weight is 278 g/mol. The first kappa shape index (κ1) is 13.3. The first-order valence-electron chi connectivity index (χ1n) is 6.87. The minimum Gasteiger partial charge on any atom is -0.453 e. The second-order valence-corrected chi connectivity index (χ2v) is 5.60. The third kappa shape index (κ3) is 2.35. The van der Waals surface area contributed by atoms with Gasteiger partial charge in [-0.2, -0.15) is 0 Å². The fourth-order valence-corrected chi connectivity index (χ4v) is 2.83. The molecule has 0 unspecified atom stereocenters. The minimum atomic E-state index is -2.61. The first-order chi connectivity index (χ1) is 9.46. The van der Waals surface area contributed by atoms with Crippen LogP contribution in [0.3, 0.4) is 0 Å². The third-order valence-corrected chi connectivity index (χ3v) is 4.07. The van der Waals surface area contributed by atoms with Crippen LogP contribution in [0.4, 0.5) is 8.78 Å². The summed E-state index contributed by atoms with van der Waals surface area (Å²) in [4.78, 5) is 12.4. The van der Waals surface area contributed by atoms with Gasteiger partial charge in [0.25, 0.3) is 0 Å². The molecular weight excluding hydrogens is 262 g/mol. The van der Waals surface area contributed by atoms with Gasteiger partial charge in [-0.15, -0.1) is 0 Å². The monoisotopic (exact) mass is 278 g/mol. The lowest BCUT2D eigenvalue weighted by atomic mass is 9.83. The molecule has 0 saturated heterocycles. The van der Waals surface area contributed by atoms with Crippen molar-refractivity contribution in [2.75, 3.05) is 0 Å². The number of para-hydroxylation sites is 1. The van der Waals surface area contributed by atoms with Crippen molar-refractivity contribution in [3.05, 3.63) is 35.6 Å². The van der Waals surface area contributed by atoms with Gasteiger partial charge in [0.15, 0.2) is 5.76 Å². The molecule has 4 heteroatoms. The van der Waals surface area contributed by atoms with Gasteiger partial charge in [-0.3, -0.25) is 4.79 Å². The van der Waals surface area contributed by atoms with Gasteiger partial charge in [0, 0.05) is 24.1 Å². The molecule has 2 aromatic rings. The predicted octanol–water partition coefficient (Wildman–Crippen LogP) is 4.75. The molecule has 1 fully saturated rings. The second kappa shape index (κ2) is 4.69. The molecule has 0 N–H and O–H groups in total. The topological polar surface area (TPSA) is 30.2 Å². The number of furan rings is 1. The largest absolute Gasteiger partial charge is 0.453 e. The summed E-state index contributed by atoms with van der Waals surface area (Å²) in [6, 6.07) is 7.43. The fraction of sp³-hybridized carbons (Fsp3) is 0.438. The summed E-state index contributed by atoms with van der Waals surface area (Å²) in [5.41, 5.74) is 1.67. The number of Topliss-reactive ketones (excluding diaryl/α,β-unsaturated/α-hetero) is 1. The Hall–Kier alpha value is -1.71. The van der Waals surface area contributed by atoms with Crippen LogP contribution in [0, 0.1) is 12.8 Å². The molecule has 0 radical (unpaired) electrons. The molecule has 0 bridgehead atoms. The summed E-state index contributed by atoms with van der Waals surface area (Å²) in [5, 5.41) is 0.884. The molecule has 106 valence electrons. The van der Waals surface area contributed by atoms with Crippen molar-refractivity contribution in [1.82, 2.24) is 0 Å². The van der Waals surface area contributed by atoms with Crippen LogP contribution in [0.25, 0.3) is 11.0 Å². The van der Waals surface area contributed by atoms with E-state index in [1.165, 1.54) is 0 Å². The zero-order chi connectivity index (χ0) is 14.3. The van der Waals surface area contributed by atoms with Crippen LogP contribution < -0.4 is 0 Å². The van der Waals surface area contributed by atoms with E-state index in [2.05, 4.69) is 0 Å². The van der Waals surface area contributed by atoms with Gasteiger partial charge in [-0.25, -0.2) is 8.78 Å². The van der Waals surface area contributed by atoms with Gasteiger partial charge in [-0.1, -0.05) is 18.2 Å². The highest BCUT2D eigenvalue weighted by Crippen LogP contribution is 2.38. The van der Waals surface area contributed by atoms with Gasteiger partial charge >= 0.3 is 0 Å². The SMILES string of the molecule is Cc1cccc2cc(C(=O)C3CCC(F)(F)CC3)oc12. The molecule has 1 aliphatic rings. The zero-order valence-electron chi connectivity index (χ0n) is 11.3. The zero-order valence-corrected chi connectivity index (χ0v) is 11.3. The molecule has 20 heavy (non-hydrogen) atoms. The number of hydrogen-bond donors (Lipinski definition) is 0. The summed E-state index contributed by atoms with van der Waals surface area (Å²) in [6.07, 6.45) is 0.0645. The quantitative estimate of drug-likeness (QED) is 0.742. The van der Waals surface area contributed by atoms with Gasteiger partial charge in [0.2, 0.25) is 11.7 Å². The number of ketones is 1. The normalized spacial score (nSPS) is 19.4. The molecule has 0 spiro atoms. The summed E-state index contributed by atoms with van der Waals surface area (Å²) >= 11 is 0. The summed E-state index contributed by atoms with van der Waals surface area (Å²) in [7, 11) is 0. The van der Waals surface area contributed by atoms with E-state index >= 15 is 0 Å².